The van der Waals surface area contributed by atoms with Crippen LogP contribution < -0.4 is 10.3 Å². The van der Waals surface area contributed by atoms with E-state index in [2.05, 4.69) is 26.0 Å². The van der Waals surface area contributed by atoms with Crippen LogP contribution in [0.4, 0.5) is 0 Å². The zero-order valence-electron chi connectivity index (χ0n) is 13.3. The molecule has 1 aromatic heterocycles. The maximum absolute atomic E-state index is 12.7. The van der Waals surface area contributed by atoms with Crippen LogP contribution in [-0.2, 0) is 0 Å². The Balaban J connectivity index is 2.14. The van der Waals surface area contributed by atoms with Gasteiger partial charge in [0.25, 0.3) is 5.56 Å². The van der Waals surface area contributed by atoms with Gasteiger partial charge < -0.3 is 9.84 Å². The quantitative estimate of drug-likeness (QED) is 0.653. The van der Waals surface area contributed by atoms with Crippen molar-refractivity contribution in [2.45, 2.75) is 6.92 Å². The zero-order chi connectivity index (χ0) is 18.1. The number of methoxy groups -OCH3 is 1. The van der Waals surface area contributed by atoms with Gasteiger partial charge in [-0.05, 0) is 31.2 Å². The first-order chi connectivity index (χ1) is 11.9. The molecule has 0 amide bonds. The Bertz CT molecular complexity index is 1060. The number of halogens is 2. The van der Waals surface area contributed by atoms with Crippen molar-refractivity contribution in [3.05, 3.63) is 61.6 Å². The predicted molar refractivity (Wildman–Crippen MR) is 101 cm³/mol. The Hall–Kier alpha value is -2.38. The van der Waals surface area contributed by atoms with Gasteiger partial charge in [0.15, 0.2) is 11.5 Å². The molecule has 0 aliphatic rings. The molecule has 0 aliphatic carbocycles. The van der Waals surface area contributed by atoms with Crippen molar-refractivity contribution in [1.29, 1.82) is 0 Å². The lowest BCUT2D eigenvalue weighted by Crippen LogP contribution is -2.20. The molecule has 0 fully saturated rings. The van der Waals surface area contributed by atoms with Crippen LogP contribution in [0.1, 0.15) is 11.4 Å². The molecule has 8 heteroatoms. The Morgan fingerprint density at radius 2 is 2.12 bits per heavy atom. The van der Waals surface area contributed by atoms with Crippen molar-refractivity contribution in [1.82, 2.24) is 9.66 Å². The maximum atomic E-state index is 12.7. The van der Waals surface area contributed by atoms with Crippen LogP contribution in [0.3, 0.4) is 0 Å². The fraction of sp³-hybridized carbons (Fsp3) is 0.118. The number of fused-ring (bicyclic) bond motifs is 1. The van der Waals surface area contributed by atoms with E-state index in [4.69, 9.17) is 16.3 Å². The first kappa shape index (κ1) is 17.4. The van der Waals surface area contributed by atoms with Crippen LogP contribution >= 0.6 is 27.5 Å². The molecule has 0 spiro atoms. The first-order valence-electron chi connectivity index (χ1n) is 7.20. The summed E-state index contributed by atoms with van der Waals surface area (Å²) in [6.07, 6.45) is 1.34. The van der Waals surface area contributed by atoms with Crippen LogP contribution in [0.15, 0.2) is 44.7 Å². The number of rotatable bonds is 3. The van der Waals surface area contributed by atoms with Crippen molar-refractivity contribution >= 4 is 44.6 Å². The number of hydrogen-bond acceptors (Lipinski definition) is 5. The molecular formula is C17H13BrClN3O3. The Labute approximate surface area is 156 Å². The molecule has 6 nitrogen and oxygen atoms in total. The van der Waals surface area contributed by atoms with Gasteiger partial charge in [-0.15, -0.1) is 0 Å². The van der Waals surface area contributed by atoms with Crippen molar-refractivity contribution in [2.24, 2.45) is 5.10 Å². The topological polar surface area (TPSA) is 76.7 Å². The molecule has 0 saturated heterocycles. The second kappa shape index (κ2) is 6.85. The fourth-order valence-corrected chi connectivity index (χ4v) is 2.94. The van der Waals surface area contributed by atoms with Crippen LogP contribution in [0, 0.1) is 6.92 Å². The molecule has 2 aromatic carbocycles. The third kappa shape index (κ3) is 3.38. The van der Waals surface area contributed by atoms with E-state index in [9.17, 15) is 9.90 Å². The number of hydrogen-bond donors (Lipinski definition) is 1. The standard InChI is InChI=1S/C17H13BrClN3O3/c1-9-21-14-4-3-11(18)6-13(14)17(24)22(9)20-8-10-5-12(19)7-15(25-2)16(10)23/h3-8,23H,1-2H3. The molecule has 0 aliphatic heterocycles. The van der Waals surface area contributed by atoms with Crippen LogP contribution in [0.25, 0.3) is 10.9 Å². The maximum Gasteiger partial charge on any atom is 0.282 e. The summed E-state index contributed by atoms with van der Waals surface area (Å²) in [6.45, 7) is 1.68. The van der Waals surface area contributed by atoms with Gasteiger partial charge in [0.05, 0.1) is 24.2 Å². The number of ether oxygens (including phenoxy) is 1. The van der Waals surface area contributed by atoms with Gasteiger partial charge >= 0.3 is 0 Å². The molecule has 0 saturated carbocycles. The zero-order valence-corrected chi connectivity index (χ0v) is 15.7. The van der Waals surface area contributed by atoms with Gasteiger partial charge in [0.1, 0.15) is 5.82 Å². The number of nitrogens with zero attached hydrogens (tertiary/aromatic N) is 3. The third-order valence-electron chi connectivity index (χ3n) is 3.57. The van der Waals surface area contributed by atoms with Crippen molar-refractivity contribution < 1.29 is 9.84 Å². The molecule has 0 unspecified atom stereocenters. The first-order valence-corrected chi connectivity index (χ1v) is 8.37. The molecule has 25 heavy (non-hydrogen) atoms. The average Bonchev–Trinajstić information content (AvgIpc) is 2.58. The summed E-state index contributed by atoms with van der Waals surface area (Å²) in [7, 11) is 1.42. The minimum atomic E-state index is -0.312. The molecule has 0 atom stereocenters. The summed E-state index contributed by atoms with van der Waals surface area (Å²) in [5.74, 6) is 0.529. The van der Waals surface area contributed by atoms with Crippen LogP contribution in [0.5, 0.6) is 11.5 Å². The van der Waals surface area contributed by atoms with Gasteiger partial charge in [-0.3, -0.25) is 4.79 Å². The summed E-state index contributed by atoms with van der Waals surface area (Å²) >= 11 is 9.34. The average molecular weight is 423 g/mol. The van der Waals surface area contributed by atoms with E-state index >= 15 is 0 Å². The number of benzene rings is 2. The smallest absolute Gasteiger partial charge is 0.282 e. The summed E-state index contributed by atoms with van der Waals surface area (Å²) in [6, 6.07) is 8.28. The molecule has 3 rings (SSSR count). The highest BCUT2D eigenvalue weighted by Crippen LogP contribution is 2.32. The second-order valence-corrected chi connectivity index (χ2v) is 6.58. The van der Waals surface area contributed by atoms with Gasteiger partial charge in [-0.2, -0.15) is 9.78 Å². The highest BCUT2D eigenvalue weighted by Gasteiger charge is 2.10. The van der Waals surface area contributed by atoms with E-state index in [1.54, 1.807) is 19.1 Å². The van der Waals surface area contributed by atoms with Crippen molar-refractivity contribution in [2.75, 3.05) is 7.11 Å². The third-order valence-corrected chi connectivity index (χ3v) is 4.28. The Kier molecular flexibility index (Phi) is 4.78. The molecule has 1 heterocycles. The Morgan fingerprint density at radius 3 is 2.84 bits per heavy atom. The number of phenols is 1. The Morgan fingerprint density at radius 1 is 1.36 bits per heavy atom. The summed E-state index contributed by atoms with van der Waals surface area (Å²) < 4.78 is 7.00. The molecule has 3 aromatic rings. The highest BCUT2D eigenvalue weighted by molar-refractivity contribution is 9.10. The van der Waals surface area contributed by atoms with Gasteiger partial charge in [-0.25, -0.2) is 4.98 Å². The molecular weight excluding hydrogens is 410 g/mol. The van der Waals surface area contributed by atoms with E-state index < -0.39 is 0 Å². The molecule has 0 bridgehead atoms. The van der Waals surface area contributed by atoms with Gasteiger partial charge in [0, 0.05) is 21.1 Å². The molecule has 0 radical (unpaired) electrons. The van der Waals surface area contributed by atoms with Gasteiger partial charge in [-0.1, -0.05) is 27.5 Å². The van der Waals surface area contributed by atoms with Gasteiger partial charge in [0.2, 0.25) is 0 Å². The van der Waals surface area contributed by atoms with E-state index in [1.807, 2.05) is 6.07 Å². The lowest BCUT2D eigenvalue weighted by Gasteiger charge is -2.08. The monoisotopic (exact) mass is 421 g/mol. The normalized spacial score (nSPS) is 11.4. The lowest BCUT2D eigenvalue weighted by atomic mass is 10.2. The number of phenolic OH excluding ortho intramolecular Hbond substituents is 1. The predicted octanol–water partition coefficient (Wildman–Crippen LogP) is 3.72. The van der Waals surface area contributed by atoms with E-state index in [-0.39, 0.29) is 17.1 Å². The largest absolute Gasteiger partial charge is 0.504 e. The number of aryl methyl sites for hydroxylation is 1. The lowest BCUT2D eigenvalue weighted by molar-refractivity contribution is 0.373. The number of aromatic hydroxyl groups is 1. The SMILES string of the molecule is COc1cc(Cl)cc(C=Nn2c(C)nc3ccc(Br)cc3c2=O)c1O. The summed E-state index contributed by atoms with van der Waals surface area (Å²) in [5.41, 5.74) is 0.600. The summed E-state index contributed by atoms with van der Waals surface area (Å²) in [4.78, 5) is 17.1. The van der Waals surface area contributed by atoms with Crippen LogP contribution in [-0.4, -0.2) is 28.1 Å². The highest BCUT2D eigenvalue weighted by atomic mass is 79.9. The second-order valence-electron chi connectivity index (χ2n) is 5.23. The number of aromatic nitrogens is 2. The van der Waals surface area contributed by atoms with E-state index in [0.29, 0.717) is 27.3 Å². The van der Waals surface area contributed by atoms with Crippen molar-refractivity contribution in [3.8, 4) is 11.5 Å². The fourth-order valence-electron chi connectivity index (χ4n) is 2.36. The minimum absolute atomic E-state index is 0.113. The minimum Gasteiger partial charge on any atom is -0.504 e. The van der Waals surface area contributed by atoms with E-state index in [1.165, 1.54) is 30.1 Å². The van der Waals surface area contributed by atoms with Crippen molar-refractivity contribution in [3.63, 3.8) is 0 Å². The molecule has 128 valence electrons. The van der Waals surface area contributed by atoms with E-state index in [0.717, 1.165) is 4.47 Å². The van der Waals surface area contributed by atoms with Crippen LogP contribution in [0.2, 0.25) is 5.02 Å². The molecule has 1 N–H and O–H groups in total. The summed E-state index contributed by atoms with van der Waals surface area (Å²) in [5, 5.41) is 15.1.